The molecule has 0 radical (unpaired) electrons. The number of unbranched alkanes of at least 4 members (excludes halogenated alkanes) is 6. The number of aliphatic hydroxyl groups excluding tert-OH is 1. The number of carbonyl (C=O) groups is 4. The van der Waals surface area contributed by atoms with E-state index in [2.05, 4.69) is 36.0 Å². The highest BCUT2D eigenvalue weighted by atomic mass is 35.5. The van der Waals surface area contributed by atoms with Crippen LogP contribution in [0.4, 0.5) is 5.82 Å². The third kappa shape index (κ3) is 11.9. The first-order valence-electron chi connectivity index (χ1n) is 22.7. The van der Waals surface area contributed by atoms with E-state index in [1.165, 1.54) is 0 Å². The number of rotatable bonds is 21. The summed E-state index contributed by atoms with van der Waals surface area (Å²) in [5.74, 6) is -0.312. The fraction of sp³-hybridized carbons (Fsp3) is 0.367. The minimum atomic E-state index is -0.556. The van der Waals surface area contributed by atoms with E-state index in [1.807, 2.05) is 19.1 Å². The maximum absolute atomic E-state index is 12.8. The summed E-state index contributed by atoms with van der Waals surface area (Å²) in [6, 6.07) is 13.9. The van der Waals surface area contributed by atoms with E-state index in [-0.39, 0.29) is 48.2 Å². The molecular weight excluding hydrogens is 896 g/mol. The Kier molecular flexibility index (Phi) is 16.5. The normalized spacial score (nSPS) is 12.3. The van der Waals surface area contributed by atoms with Crippen molar-refractivity contribution in [1.82, 2.24) is 45.6 Å². The van der Waals surface area contributed by atoms with E-state index in [0.29, 0.717) is 72.5 Å². The Labute approximate surface area is 398 Å². The largest absolute Gasteiger partial charge is 0.508 e. The van der Waals surface area contributed by atoms with Gasteiger partial charge in [0.1, 0.15) is 30.4 Å². The Morgan fingerprint density at radius 3 is 2.28 bits per heavy atom. The Morgan fingerprint density at radius 1 is 0.836 bits per heavy atom. The van der Waals surface area contributed by atoms with Crippen LogP contribution in [0.1, 0.15) is 85.6 Å². The van der Waals surface area contributed by atoms with E-state index in [9.17, 15) is 29.4 Å². The predicted octanol–water partition coefficient (Wildman–Crippen LogP) is 6.97. The molecule has 0 aliphatic carbocycles. The first kappa shape index (κ1) is 48.4. The second-order valence-electron chi connectivity index (χ2n) is 16.6. The average Bonchev–Trinajstić information content (AvgIpc) is 3.97. The summed E-state index contributed by atoms with van der Waals surface area (Å²) in [5.41, 5.74) is 14.7. The highest BCUT2D eigenvalue weighted by molar-refractivity contribution is 6.45. The van der Waals surface area contributed by atoms with Crippen molar-refractivity contribution >= 4 is 63.6 Å². The van der Waals surface area contributed by atoms with Gasteiger partial charge in [-0.1, -0.05) is 80.4 Å². The molecule has 67 heavy (non-hydrogen) atoms. The summed E-state index contributed by atoms with van der Waals surface area (Å²) >= 11 is 13.1. The van der Waals surface area contributed by atoms with Gasteiger partial charge >= 0.3 is 0 Å². The molecule has 0 atom stereocenters. The van der Waals surface area contributed by atoms with Gasteiger partial charge in [-0.05, 0) is 60.7 Å². The third-order valence-corrected chi connectivity index (χ3v) is 12.8. The van der Waals surface area contributed by atoms with E-state index in [4.69, 9.17) is 28.9 Å². The number of amides is 4. The summed E-state index contributed by atoms with van der Waals surface area (Å²) in [5, 5.41) is 34.1. The van der Waals surface area contributed by atoms with Gasteiger partial charge in [0.15, 0.2) is 0 Å². The molecular formula is C49H56Cl2N10O6. The van der Waals surface area contributed by atoms with E-state index >= 15 is 0 Å². The van der Waals surface area contributed by atoms with Gasteiger partial charge < -0.3 is 41.8 Å². The van der Waals surface area contributed by atoms with Gasteiger partial charge in [-0.25, -0.2) is 4.98 Å². The molecule has 8 N–H and O–H groups in total. The summed E-state index contributed by atoms with van der Waals surface area (Å²) in [4.78, 5) is 64.0. The number of aromatic amines is 1. The van der Waals surface area contributed by atoms with Crippen LogP contribution in [0.15, 0.2) is 67.1 Å². The number of halogens is 2. The lowest BCUT2D eigenvalue weighted by Gasteiger charge is -2.26. The second kappa shape index (κ2) is 22.8. The first-order chi connectivity index (χ1) is 32.4. The molecule has 0 bridgehead atoms. The molecule has 352 valence electrons. The van der Waals surface area contributed by atoms with Crippen LogP contribution >= 0.6 is 23.2 Å². The number of nitrogen functional groups attached to an aromatic ring is 1. The summed E-state index contributed by atoms with van der Waals surface area (Å²) in [6.45, 7) is 3.49. The Balaban J connectivity index is 0.742. The lowest BCUT2D eigenvalue weighted by molar-refractivity contribution is -0.135. The minimum absolute atomic E-state index is 0.0507. The fourth-order valence-electron chi connectivity index (χ4n) is 8.55. The number of phenols is 1. The van der Waals surface area contributed by atoms with Gasteiger partial charge in [-0.2, -0.15) is 5.10 Å². The standard InChI is InChI=1S/C49H56Cl2N10O6/c1-2-33-35(26-57-48(52)44(33)30-11-14-32(63)15-12-30)31-13-16-40(56-25-31)49(67)55-21-20-54-41(64)10-8-6-4-3-5-7-9-19-53-42(65)28-61-23-18-39(59-61)34-24-37(50)46(51)47-45(34)36-27-60(43(66)29-62)22-17-38(36)58-47/h11-16,18,23-26,58,62-63H,2-10,17,19-22,27-29H2,1H3,(H2,52,57)(H,53,65)(H,54,64)(H,55,67). The quantitative estimate of drug-likeness (QED) is 0.0366. The van der Waals surface area contributed by atoms with Crippen LogP contribution in [0.25, 0.3) is 44.4 Å². The number of anilines is 1. The molecule has 0 saturated carbocycles. The van der Waals surface area contributed by atoms with Gasteiger partial charge in [0, 0.05) is 103 Å². The van der Waals surface area contributed by atoms with Crippen LogP contribution < -0.4 is 21.7 Å². The van der Waals surface area contributed by atoms with E-state index in [0.717, 1.165) is 95.0 Å². The highest BCUT2D eigenvalue weighted by Crippen LogP contribution is 2.42. The van der Waals surface area contributed by atoms with E-state index in [1.54, 1.807) is 64.6 Å². The monoisotopic (exact) mass is 950 g/mol. The number of aromatic nitrogens is 5. The number of nitrogens with one attached hydrogen (secondary N) is 4. The number of phenolic OH excluding ortho intramolecular Hbond substituents is 1. The molecule has 2 aromatic carbocycles. The van der Waals surface area contributed by atoms with Gasteiger partial charge in [0.05, 0.1) is 21.3 Å². The molecule has 18 heteroatoms. The summed E-state index contributed by atoms with van der Waals surface area (Å²) in [7, 11) is 0. The number of nitrogens with zero attached hydrogens (tertiary/aromatic N) is 5. The number of pyridine rings is 2. The maximum Gasteiger partial charge on any atom is 0.269 e. The molecule has 0 saturated heterocycles. The van der Waals surface area contributed by atoms with Crippen LogP contribution in [-0.4, -0.2) is 96.3 Å². The zero-order valence-corrected chi connectivity index (χ0v) is 39.0. The van der Waals surface area contributed by atoms with Crippen molar-refractivity contribution in [3.8, 4) is 39.3 Å². The van der Waals surface area contributed by atoms with Gasteiger partial charge in [-0.3, -0.25) is 28.8 Å². The summed E-state index contributed by atoms with van der Waals surface area (Å²) < 4.78 is 1.58. The molecule has 0 spiro atoms. The molecule has 1 aliphatic rings. The molecule has 0 fully saturated rings. The topological polar surface area (TPSA) is 233 Å². The van der Waals surface area contributed by atoms with Crippen LogP contribution in [0.3, 0.4) is 0 Å². The lowest BCUT2D eigenvalue weighted by Crippen LogP contribution is -2.37. The number of aliphatic hydroxyl groups is 1. The maximum atomic E-state index is 12.8. The SMILES string of the molecule is CCc1c(-c2ccc(C(=O)NCCNC(=O)CCCCCCCCCNC(=O)Cn3ccc(-c4cc(Cl)c(Cl)c5[nH]c6c(c45)CN(C(=O)CO)CC6)n3)nc2)cnc(N)c1-c1ccc(O)cc1. The first-order valence-corrected chi connectivity index (χ1v) is 23.5. The lowest BCUT2D eigenvalue weighted by atomic mass is 9.92. The number of aromatic hydroxyl groups is 1. The minimum Gasteiger partial charge on any atom is -0.508 e. The summed E-state index contributed by atoms with van der Waals surface area (Å²) in [6.07, 6.45) is 13.5. The van der Waals surface area contributed by atoms with E-state index < -0.39 is 6.61 Å². The zero-order valence-electron chi connectivity index (χ0n) is 37.5. The van der Waals surface area contributed by atoms with Gasteiger partial charge in [0.25, 0.3) is 5.91 Å². The molecule has 4 amide bonds. The van der Waals surface area contributed by atoms with Crippen molar-refractivity contribution in [1.29, 1.82) is 0 Å². The molecule has 0 unspecified atom stereocenters. The number of benzene rings is 2. The fourth-order valence-corrected chi connectivity index (χ4v) is 8.95. The van der Waals surface area contributed by atoms with Gasteiger partial charge in [-0.15, -0.1) is 0 Å². The van der Waals surface area contributed by atoms with Crippen LogP contribution in [0.2, 0.25) is 10.0 Å². The Bertz CT molecular complexity index is 2720. The number of H-pyrrole nitrogens is 1. The molecule has 5 heterocycles. The number of hydrogen-bond donors (Lipinski definition) is 7. The van der Waals surface area contributed by atoms with Crippen LogP contribution in [-0.2, 0) is 40.3 Å². The van der Waals surface area contributed by atoms with Crippen LogP contribution in [0, 0.1) is 0 Å². The third-order valence-electron chi connectivity index (χ3n) is 12.0. The van der Waals surface area contributed by atoms with Crippen molar-refractivity contribution in [3.05, 3.63) is 99.7 Å². The molecule has 7 rings (SSSR count). The molecule has 6 aromatic rings. The highest BCUT2D eigenvalue weighted by Gasteiger charge is 2.28. The Hall–Kier alpha value is -6.49. The number of fused-ring (bicyclic) bond motifs is 3. The van der Waals surface area contributed by atoms with Crippen molar-refractivity contribution in [2.45, 2.75) is 84.2 Å². The van der Waals surface area contributed by atoms with Crippen molar-refractivity contribution in [2.24, 2.45) is 0 Å². The molecule has 16 nitrogen and oxygen atoms in total. The number of hydrogen-bond acceptors (Lipinski definition) is 10. The van der Waals surface area contributed by atoms with Crippen LogP contribution in [0.5, 0.6) is 5.75 Å². The molecule has 4 aromatic heterocycles. The predicted molar refractivity (Wildman–Crippen MR) is 259 cm³/mol. The van der Waals surface area contributed by atoms with Crippen molar-refractivity contribution < 1.29 is 29.4 Å². The van der Waals surface area contributed by atoms with Gasteiger partial charge in [0.2, 0.25) is 17.7 Å². The zero-order chi connectivity index (χ0) is 47.5. The molecule has 1 aliphatic heterocycles. The Morgan fingerprint density at radius 2 is 1.55 bits per heavy atom. The smallest absolute Gasteiger partial charge is 0.269 e. The van der Waals surface area contributed by atoms with Crippen molar-refractivity contribution in [3.63, 3.8) is 0 Å². The van der Waals surface area contributed by atoms with Crippen molar-refractivity contribution in [2.75, 3.05) is 38.5 Å². The second-order valence-corrected chi connectivity index (χ2v) is 17.4. The average molecular weight is 952 g/mol. The number of nitrogens with two attached hydrogens (primary N) is 1. The number of carbonyl (C=O) groups excluding carboxylic acids is 4.